The van der Waals surface area contributed by atoms with E-state index in [1.807, 2.05) is 44.2 Å². The largest absolute Gasteiger partial charge is 0.505 e. The minimum Gasteiger partial charge on any atom is -0.505 e. The number of anilines is 1. The molecule has 0 radical (unpaired) electrons. The number of carbonyl (C=O) groups excluding carboxylic acids is 2. The zero-order chi connectivity index (χ0) is 50.9. The van der Waals surface area contributed by atoms with Crippen molar-refractivity contribution in [3.63, 3.8) is 0 Å². The van der Waals surface area contributed by atoms with E-state index < -0.39 is 21.7 Å². The van der Waals surface area contributed by atoms with E-state index in [2.05, 4.69) is 15.5 Å². The number of aryl methyl sites for hydroxylation is 3. The molecule has 0 fully saturated rings. The maximum absolute atomic E-state index is 12.8. The number of azo groups is 1. The second-order valence-electron chi connectivity index (χ2n) is 15.6. The van der Waals surface area contributed by atoms with Crippen molar-refractivity contribution >= 4 is 68.2 Å². The van der Waals surface area contributed by atoms with Gasteiger partial charge in [-0.2, -0.15) is 13.5 Å². The van der Waals surface area contributed by atoms with Crippen molar-refractivity contribution in [2.24, 2.45) is 10.2 Å². The molecule has 70 heavy (non-hydrogen) atoms. The van der Waals surface area contributed by atoms with E-state index in [-0.39, 0.29) is 93.0 Å². The van der Waals surface area contributed by atoms with E-state index >= 15 is 0 Å². The highest BCUT2D eigenvalue weighted by atomic mass is 32.5. The van der Waals surface area contributed by atoms with Crippen LogP contribution in [0.25, 0.3) is 21.9 Å². The number of rotatable bonds is 35. The second-order valence-corrected chi connectivity index (χ2v) is 19.9. The molecule has 20 nitrogen and oxygen atoms in total. The summed E-state index contributed by atoms with van der Waals surface area (Å²) < 4.78 is 81.2. The Morgan fingerprint density at radius 2 is 1.17 bits per heavy atom. The normalized spacial score (nSPS) is 12.8. The first-order valence-corrected chi connectivity index (χ1v) is 26.5. The molecule has 0 aliphatic rings. The fourth-order valence-electron chi connectivity index (χ4n) is 6.67. The molecule has 4 aromatic carbocycles. The zero-order valence-corrected chi connectivity index (χ0v) is 42.5. The Kier molecular flexibility index (Phi) is 25.4. The van der Waals surface area contributed by atoms with Crippen LogP contribution >= 0.6 is 6.72 Å². The Hall–Kier alpha value is -4.36. The number of Topliss-reactive ketones (excluding diaryl/α,β-unsaturated/α-hetero) is 1. The maximum atomic E-state index is 12.8. The van der Waals surface area contributed by atoms with Crippen LogP contribution in [0.3, 0.4) is 0 Å². The number of amides is 1. The predicted molar refractivity (Wildman–Crippen MR) is 266 cm³/mol. The number of hydrogen-bond donors (Lipinski definition) is 5. The van der Waals surface area contributed by atoms with Crippen LogP contribution in [-0.4, -0.2) is 147 Å². The van der Waals surface area contributed by atoms with Crippen molar-refractivity contribution in [2.75, 3.05) is 118 Å². The first-order chi connectivity index (χ1) is 33.5. The van der Waals surface area contributed by atoms with Gasteiger partial charge in [0.05, 0.1) is 116 Å². The van der Waals surface area contributed by atoms with Crippen LogP contribution in [0, 0.1) is 20.8 Å². The van der Waals surface area contributed by atoms with Gasteiger partial charge in [-0.25, -0.2) is 0 Å². The third kappa shape index (κ3) is 20.4. The van der Waals surface area contributed by atoms with Crippen LogP contribution < -0.4 is 11.1 Å². The third-order valence-electron chi connectivity index (χ3n) is 10.4. The number of ether oxygens (including phenoxy) is 7. The molecule has 0 aliphatic heterocycles. The Morgan fingerprint density at radius 1 is 0.671 bits per heavy atom. The highest BCUT2D eigenvalue weighted by Gasteiger charge is 2.21. The summed E-state index contributed by atoms with van der Waals surface area (Å²) in [5, 5.41) is 22.8. The SMILES string of the molecule is COCCOCCOCCOCCOCCOCCOP(O)(=S)OCCOCCNC(=O)CCC(=O)Cc1ccc(-c2ccc(N=Nc3ccc4c(C)cc(S(=O)(=O)O)c(N)c4c3O)c(C)c2)cc1C. The number of phenolic OH excluding ortho intramolecular Hbond substituents is 1. The molecular weight excluding hydrogens is 972 g/mol. The smallest absolute Gasteiger partial charge is 0.324 e. The lowest BCUT2D eigenvalue weighted by Crippen LogP contribution is -2.28. The van der Waals surface area contributed by atoms with Gasteiger partial charge in [0.1, 0.15) is 16.4 Å². The fraction of sp³-hybridized carbons (Fsp3) is 0.489. The number of aromatic hydroxyl groups is 1. The predicted octanol–water partition coefficient (Wildman–Crippen LogP) is 6.39. The van der Waals surface area contributed by atoms with Gasteiger partial charge in [-0.15, -0.1) is 5.11 Å². The molecule has 0 aliphatic carbocycles. The third-order valence-corrected chi connectivity index (χ3v) is 12.9. The maximum Gasteiger partial charge on any atom is 0.324 e. The van der Waals surface area contributed by atoms with Gasteiger partial charge in [-0.3, -0.25) is 14.1 Å². The topological polar surface area (TPSA) is 275 Å². The highest BCUT2D eigenvalue weighted by Crippen LogP contribution is 2.44. The Morgan fingerprint density at radius 3 is 1.71 bits per heavy atom. The minimum absolute atomic E-state index is 0.00635. The molecular formula is C47H65N4O16PS2. The molecule has 0 saturated heterocycles. The number of fused-ring (bicyclic) bond motifs is 1. The Balaban J connectivity index is 1.05. The van der Waals surface area contributed by atoms with Crippen molar-refractivity contribution in [1.29, 1.82) is 0 Å². The Bertz CT molecular complexity index is 2510. The molecule has 6 N–H and O–H groups in total. The molecule has 0 heterocycles. The number of nitrogens with one attached hydrogen (secondary N) is 1. The van der Waals surface area contributed by atoms with Gasteiger partial charge in [0.15, 0.2) is 5.75 Å². The van der Waals surface area contributed by atoms with Crippen LogP contribution in [0.4, 0.5) is 17.1 Å². The summed E-state index contributed by atoms with van der Waals surface area (Å²) in [5.74, 6) is -0.726. The van der Waals surface area contributed by atoms with Gasteiger partial charge in [-0.05, 0) is 95.6 Å². The highest BCUT2D eigenvalue weighted by molar-refractivity contribution is 8.07. The molecule has 0 saturated carbocycles. The summed E-state index contributed by atoms with van der Waals surface area (Å²) in [5.41, 5.74) is 11.2. The molecule has 1 unspecified atom stereocenters. The van der Waals surface area contributed by atoms with Crippen LogP contribution in [0.1, 0.15) is 35.1 Å². The lowest BCUT2D eigenvalue weighted by molar-refractivity contribution is -0.125. The number of phenols is 1. The van der Waals surface area contributed by atoms with E-state index in [1.54, 1.807) is 32.2 Å². The van der Waals surface area contributed by atoms with Crippen LogP contribution in [0.15, 0.2) is 69.7 Å². The molecule has 4 aromatic rings. The van der Waals surface area contributed by atoms with Gasteiger partial charge in [0.25, 0.3) is 10.1 Å². The summed E-state index contributed by atoms with van der Waals surface area (Å²) in [6.45, 7) is 7.29. The first-order valence-electron chi connectivity index (χ1n) is 22.5. The quantitative estimate of drug-likeness (QED) is 0.0110. The summed E-state index contributed by atoms with van der Waals surface area (Å²) in [6.07, 6.45) is 0.287. The molecule has 1 amide bonds. The number of nitrogen functional groups attached to an aromatic ring is 1. The number of ketones is 1. The molecule has 386 valence electrons. The summed E-state index contributed by atoms with van der Waals surface area (Å²) >= 11 is 5.01. The van der Waals surface area contributed by atoms with Crippen molar-refractivity contribution in [3.05, 3.63) is 76.9 Å². The van der Waals surface area contributed by atoms with Gasteiger partial charge in [-0.1, -0.05) is 30.3 Å². The number of nitrogens with zero attached hydrogens (tertiary/aromatic N) is 2. The molecule has 1 atom stereocenters. The van der Waals surface area contributed by atoms with Crippen molar-refractivity contribution in [3.8, 4) is 16.9 Å². The van der Waals surface area contributed by atoms with Crippen molar-refractivity contribution in [2.45, 2.75) is 44.9 Å². The molecule has 0 aromatic heterocycles. The van der Waals surface area contributed by atoms with Gasteiger partial charge < -0.3 is 63.3 Å². The van der Waals surface area contributed by atoms with E-state index in [4.69, 9.17) is 59.7 Å². The number of nitrogens with two attached hydrogens (primary N) is 1. The number of methoxy groups -OCH3 is 1. The van der Waals surface area contributed by atoms with E-state index in [0.717, 1.165) is 27.8 Å². The number of hydrogen-bond acceptors (Lipinski definition) is 18. The standard InChI is InChI=1S/C47H65N4O16PS2/c1-33-29-37(38-7-10-41(35(3)30-38)50-51-42-11-9-40-34(2)31-43(70(56,57)58)46(48)45(40)47(42)54)6-5-36(33)32-39(52)8-12-44(53)49-13-14-60-25-27-66-68(55,69)67-28-26-65-24-23-64-22-21-63-20-19-62-18-17-61-16-15-59-4/h5-7,9-11,29-31,54H,8,12-28,32,48H2,1-4H3,(H,49,53)(H,55,69)(H,56,57,58). The number of carbonyl (C=O) groups is 2. The lowest BCUT2D eigenvalue weighted by Gasteiger charge is -2.16. The van der Waals surface area contributed by atoms with Crippen LogP contribution in [0.2, 0.25) is 0 Å². The fourth-order valence-corrected chi connectivity index (χ4v) is 8.51. The molecule has 0 bridgehead atoms. The molecule has 4 rings (SSSR count). The zero-order valence-electron chi connectivity index (χ0n) is 40.0. The van der Waals surface area contributed by atoms with E-state index in [1.165, 1.54) is 6.07 Å². The summed E-state index contributed by atoms with van der Waals surface area (Å²) in [7, 11) is -3.01. The molecule has 0 spiro atoms. The van der Waals surface area contributed by atoms with Gasteiger partial charge in [0, 0.05) is 32.9 Å². The Labute approximate surface area is 414 Å². The van der Waals surface area contributed by atoms with Crippen molar-refractivity contribution < 1.29 is 74.8 Å². The first kappa shape index (κ1) is 58.2. The summed E-state index contributed by atoms with van der Waals surface area (Å²) in [4.78, 5) is 34.9. The van der Waals surface area contributed by atoms with Crippen molar-refractivity contribution in [1.82, 2.24) is 5.32 Å². The average Bonchev–Trinajstić information content (AvgIpc) is 3.31. The average molecular weight is 1040 g/mol. The van der Waals surface area contributed by atoms with E-state index in [9.17, 15) is 32.6 Å². The second kappa shape index (κ2) is 30.5. The van der Waals surface area contributed by atoms with Gasteiger partial charge >= 0.3 is 6.72 Å². The van der Waals surface area contributed by atoms with E-state index in [0.29, 0.717) is 82.7 Å². The van der Waals surface area contributed by atoms with Gasteiger partial charge in [0.2, 0.25) is 5.91 Å². The monoisotopic (exact) mass is 1040 g/mol. The number of benzene rings is 4. The minimum atomic E-state index is -4.64. The summed E-state index contributed by atoms with van der Waals surface area (Å²) in [6, 6.07) is 15.8. The molecule has 23 heteroatoms. The lowest BCUT2D eigenvalue weighted by atomic mass is 9.95. The van der Waals surface area contributed by atoms with Crippen LogP contribution in [-0.2, 0) is 80.1 Å². The van der Waals surface area contributed by atoms with Crippen LogP contribution in [0.5, 0.6) is 5.75 Å².